The van der Waals surface area contributed by atoms with Crippen molar-refractivity contribution in [1.82, 2.24) is 14.6 Å². The van der Waals surface area contributed by atoms with E-state index in [1.165, 1.54) is 6.92 Å². The molecule has 0 bridgehead atoms. The molecule has 2 aromatic rings. The third-order valence-electron chi connectivity index (χ3n) is 4.58. The van der Waals surface area contributed by atoms with Crippen molar-refractivity contribution in [3.8, 4) is 18.1 Å². The van der Waals surface area contributed by atoms with E-state index < -0.39 is 61.6 Å². The second kappa shape index (κ2) is 14.2. The molecule has 0 aliphatic rings. The van der Waals surface area contributed by atoms with Gasteiger partial charge in [-0.3, -0.25) is 19.1 Å². The maximum atomic E-state index is 13.8. The molecule has 1 heterocycles. The minimum atomic E-state index is -3.53. The third-order valence-corrected chi connectivity index (χ3v) is 7.08. The number of para-hydroxylation sites is 1. The first-order chi connectivity index (χ1) is 17.5. The molecule has 0 saturated heterocycles. The first-order valence-electron chi connectivity index (χ1n) is 11.1. The number of hydrogen-bond acceptors (Lipinski definition) is 9. The lowest BCUT2D eigenvalue weighted by atomic mass is 10.2. The molecule has 1 aromatic carbocycles. The molecule has 0 spiro atoms. The smallest absolute Gasteiger partial charge is 0.330 e. The van der Waals surface area contributed by atoms with Crippen molar-refractivity contribution >= 4 is 24.4 Å². The Morgan fingerprint density at radius 2 is 1.95 bits per heavy atom. The minimum Gasteiger partial charge on any atom is -0.462 e. The topological polar surface area (TPSA) is 141 Å². The molecule has 3 N–H and O–H groups in total. The molecule has 0 saturated carbocycles. The molecular formula is C23H29FN3O8PS. The number of aromatic nitrogens is 2. The van der Waals surface area contributed by atoms with Gasteiger partial charge in [-0.1, -0.05) is 24.1 Å². The number of aromatic amines is 1. The van der Waals surface area contributed by atoms with Crippen molar-refractivity contribution in [3.63, 3.8) is 0 Å². The van der Waals surface area contributed by atoms with Gasteiger partial charge in [0.1, 0.15) is 30.7 Å². The molecule has 11 nitrogen and oxygen atoms in total. The lowest BCUT2D eigenvalue weighted by molar-refractivity contribution is -0.149. The summed E-state index contributed by atoms with van der Waals surface area (Å²) in [5, 5.41) is 13.1. The fraction of sp³-hybridized carbons (Fsp3) is 0.435. The van der Waals surface area contributed by atoms with Gasteiger partial charge in [-0.2, -0.15) is 0 Å². The number of aliphatic hydroxyl groups is 1. The number of carbonyl (C=O) groups is 1. The van der Waals surface area contributed by atoms with Crippen LogP contribution >= 0.6 is 6.64 Å². The van der Waals surface area contributed by atoms with Gasteiger partial charge in [0.2, 0.25) is 0 Å². The van der Waals surface area contributed by atoms with Crippen LogP contribution in [0.5, 0.6) is 5.75 Å². The number of alkyl halides is 1. The predicted octanol–water partition coefficient (Wildman–Crippen LogP) is 1.63. The van der Waals surface area contributed by atoms with Crippen LogP contribution in [0.25, 0.3) is 0 Å². The first-order valence-corrected chi connectivity index (χ1v) is 13.8. The molecule has 0 amide bonds. The van der Waals surface area contributed by atoms with E-state index in [9.17, 15) is 23.9 Å². The molecule has 1 unspecified atom stereocenters. The van der Waals surface area contributed by atoms with E-state index in [2.05, 4.69) is 11.0 Å². The van der Waals surface area contributed by atoms with Gasteiger partial charge in [-0.05, 0) is 44.7 Å². The zero-order valence-corrected chi connectivity index (χ0v) is 22.1. The predicted molar refractivity (Wildman–Crippen MR) is 137 cm³/mol. The molecular weight excluding hydrogens is 528 g/mol. The minimum absolute atomic E-state index is 0.333. The standard InChI is InChI=1S/C23H29FN3O8PS/c1-5-18(28)19(34-21(13-24)27-12-11-20(29)25-23(27)31)14-32-36(37,35-17-9-7-6-8-10-17)26-16(4)22(30)33-15(2)3/h1,6-12,15-16,18-19,21,28H,13-14H2,2-4H3,(H,26,37)(H,25,29,31)/t16-,18-,19+,21+,36?/m0/s1. The number of terminal acetylenes is 1. The lowest BCUT2D eigenvalue weighted by Gasteiger charge is -2.30. The summed E-state index contributed by atoms with van der Waals surface area (Å²) in [6.07, 6.45) is 1.47. The van der Waals surface area contributed by atoms with Gasteiger partial charge in [0.25, 0.3) is 5.56 Å². The summed E-state index contributed by atoms with van der Waals surface area (Å²) >= 11 is 5.59. The number of carbonyl (C=O) groups excluding carboxylic acids is 1. The molecule has 5 atom stereocenters. The second-order valence-corrected chi connectivity index (χ2v) is 11.1. The molecule has 0 radical (unpaired) electrons. The van der Waals surface area contributed by atoms with Crippen LogP contribution < -0.4 is 20.9 Å². The average Bonchev–Trinajstić information content (AvgIpc) is 2.84. The first kappa shape index (κ1) is 30.4. The Bertz CT molecular complexity index is 1230. The zero-order valence-electron chi connectivity index (χ0n) is 20.4. The van der Waals surface area contributed by atoms with E-state index in [-0.39, 0.29) is 6.10 Å². The fourth-order valence-electron chi connectivity index (χ4n) is 2.85. The van der Waals surface area contributed by atoms with Crippen molar-refractivity contribution < 1.29 is 32.8 Å². The average molecular weight is 558 g/mol. The number of halogens is 1. The van der Waals surface area contributed by atoms with Crippen LogP contribution in [0.15, 0.2) is 52.2 Å². The number of aliphatic hydroxyl groups excluding tert-OH is 1. The van der Waals surface area contributed by atoms with Gasteiger partial charge < -0.3 is 23.6 Å². The molecule has 14 heteroatoms. The maximum absolute atomic E-state index is 13.8. The second-order valence-electron chi connectivity index (χ2n) is 7.95. The Morgan fingerprint density at radius 3 is 2.51 bits per heavy atom. The molecule has 1 aromatic heterocycles. The van der Waals surface area contributed by atoms with Gasteiger partial charge in [0.05, 0.1) is 12.7 Å². The summed E-state index contributed by atoms with van der Waals surface area (Å²) in [6, 6.07) is 8.47. The van der Waals surface area contributed by atoms with Crippen molar-refractivity contribution in [1.29, 1.82) is 0 Å². The fourth-order valence-corrected chi connectivity index (χ4v) is 5.27. The van der Waals surface area contributed by atoms with Crippen LogP contribution in [-0.2, 0) is 30.6 Å². The number of benzene rings is 1. The van der Waals surface area contributed by atoms with Crippen LogP contribution in [0.1, 0.15) is 27.0 Å². The Hall–Kier alpha value is -2.85. The normalized spacial score (nSPS) is 16.1. The van der Waals surface area contributed by atoms with E-state index in [1.807, 2.05) is 4.98 Å². The Labute approximate surface area is 218 Å². The number of H-pyrrole nitrogens is 1. The number of nitrogens with one attached hydrogen (secondary N) is 2. The molecule has 0 fully saturated rings. The van der Waals surface area contributed by atoms with E-state index in [1.54, 1.807) is 44.2 Å². The molecule has 2 rings (SSSR count). The molecule has 0 aliphatic carbocycles. The number of esters is 1. The van der Waals surface area contributed by atoms with Crippen molar-refractivity contribution in [2.45, 2.75) is 51.4 Å². The Kier molecular flexibility index (Phi) is 11.6. The van der Waals surface area contributed by atoms with Crippen molar-refractivity contribution in [2.75, 3.05) is 13.3 Å². The summed E-state index contributed by atoms with van der Waals surface area (Å²) in [7, 11) is 0. The van der Waals surface area contributed by atoms with E-state index in [0.29, 0.717) is 5.75 Å². The van der Waals surface area contributed by atoms with E-state index in [4.69, 9.17) is 36.8 Å². The number of rotatable bonds is 14. The van der Waals surface area contributed by atoms with E-state index >= 15 is 0 Å². The Balaban J connectivity index is 2.28. The van der Waals surface area contributed by atoms with Gasteiger partial charge in [-0.25, -0.2) is 14.3 Å². The largest absolute Gasteiger partial charge is 0.462 e. The summed E-state index contributed by atoms with van der Waals surface area (Å²) in [6.45, 7) is -0.350. The summed E-state index contributed by atoms with van der Waals surface area (Å²) in [5.41, 5.74) is -1.61. The lowest BCUT2D eigenvalue weighted by Crippen LogP contribution is -2.41. The van der Waals surface area contributed by atoms with Crippen LogP contribution in [-0.4, -0.2) is 58.3 Å². The maximum Gasteiger partial charge on any atom is 0.330 e. The summed E-state index contributed by atoms with van der Waals surface area (Å²) in [4.78, 5) is 37.8. The van der Waals surface area contributed by atoms with Gasteiger partial charge >= 0.3 is 18.3 Å². The third kappa shape index (κ3) is 9.51. The van der Waals surface area contributed by atoms with Gasteiger partial charge in [-0.15, -0.1) is 6.42 Å². The van der Waals surface area contributed by atoms with Crippen LogP contribution in [0.2, 0.25) is 0 Å². The highest BCUT2D eigenvalue weighted by molar-refractivity contribution is 8.09. The van der Waals surface area contributed by atoms with E-state index in [0.717, 1.165) is 16.8 Å². The van der Waals surface area contributed by atoms with Crippen molar-refractivity contribution in [3.05, 3.63) is 63.4 Å². The number of hydrogen-bond donors (Lipinski definition) is 3. The number of nitrogens with zero attached hydrogens (tertiary/aromatic N) is 1. The summed E-state index contributed by atoms with van der Waals surface area (Å²) in [5.74, 6) is 1.79. The molecule has 202 valence electrons. The number of ether oxygens (including phenoxy) is 2. The van der Waals surface area contributed by atoms with Crippen LogP contribution in [0.3, 0.4) is 0 Å². The van der Waals surface area contributed by atoms with Gasteiger partial charge in [0.15, 0.2) is 6.23 Å². The zero-order chi connectivity index (χ0) is 27.6. The quantitative estimate of drug-likeness (QED) is 0.178. The van der Waals surface area contributed by atoms with Crippen LogP contribution in [0, 0.1) is 12.3 Å². The highest BCUT2D eigenvalue weighted by Gasteiger charge is 2.32. The molecule has 0 aliphatic heterocycles. The SMILES string of the molecule is C#C[C@H](O)[C@@H](COP(=S)(N[C@@H](C)C(=O)OC(C)C)Oc1ccccc1)O[C@H](CF)n1ccc(=O)[nH]c1=O. The highest BCUT2D eigenvalue weighted by atomic mass is 32.5. The molecule has 37 heavy (non-hydrogen) atoms. The van der Waals surface area contributed by atoms with Crippen molar-refractivity contribution in [2.24, 2.45) is 0 Å². The van der Waals surface area contributed by atoms with Gasteiger partial charge in [0, 0.05) is 12.3 Å². The van der Waals surface area contributed by atoms with Crippen LogP contribution in [0.4, 0.5) is 4.39 Å². The summed E-state index contributed by atoms with van der Waals surface area (Å²) < 4.78 is 37.0. The Morgan fingerprint density at radius 1 is 1.27 bits per heavy atom. The highest BCUT2D eigenvalue weighted by Crippen LogP contribution is 2.45. The monoisotopic (exact) mass is 557 g/mol.